The van der Waals surface area contributed by atoms with E-state index in [2.05, 4.69) is 10.3 Å². The number of carboxylic acid groups (broad SMARTS) is 1. The molecule has 0 unspecified atom stereocenters. The summed E-state index contributed by atoms with van der Waals surface area (Å²) in [5.74, 6) is -2.41. The highest BCUT2D eigenvalue weighted by Gasteiger charge is 2.35. The van der Waals surface area contributed by atoms with Gasteiger partial charge in [-0.3, -0.25) is 9.59 Å². The highest BCUT2D eigenvalue weighted by molar-refractivity contribution is 7.22. The van der Waals surface area contributed by atoms with Gasteiger partial charge in [0.2, 0.25) is 5.91 Å². The van der Waals surface area contributed by atoms with E-state index >= 15 is 0 Å². The number of amides is 1. The van der Waals surface area contributed by atoms with Crippen molar-refractivity contribution in [2.45, 2.75) is 26.7 Å². The number of nitrogens with one attached hydrogen (secondary N) is 1. The first-order valence-electron chi connectivity index (χ1n) is 7.50. The smallest absolute Gasteiger partial charge is 0.307 e. The molecule has 0 aliphatic heterocycles. The third-order valence-electron chi connectivity index (χ3n) is 4.18. The number of allylic oxidation sites excluding steroid dienone is 2. The molecule has 0 fully saturated rings. The van der Waals surface area contributed by atoms with Crippen molar-refractivity contribution in [1.29, 1.82) is 0 Å². The van der Waals surface area contributed by atoms with E-state index in [-0.39, 0.29) is 5.91 Å². The normalized spacial score (nSPS) is 21.0. The standard InChI is InChI=1S/C17H18N2O3S/c1-9-3-5-11(16(21)22)12(7-9)15(20)19-17-18-13-6-4-10(2)8-14(13)23-17/h3-4,6,8,11-12H,5,7H2,1-2H3,(H,21,22)(H,18,19,20)/t11-,12+/m1/s1. The number of hydrogen-bond donors (Lipinski definition) is 2. The van der Waals surface area contributed by atoms with Gasteiger partial charge in [0.15, 0.2) is 5.13 Å². The molecule has 0 saturated carbocycles. The molecule has 2 atom stereocenters. The van der Waals surface area contributed by atoms with Crippen LogP contribution in [-0.2, 0) is 9.59 Å². The lowest BCUT2D eigenvalue weighted by Crippen LogP contribution is -2.35. The van der Waals surface area contributed by atoms with E-state index in [1.54, 1.807) is 0 Å². The predicted octanol–water partition coefficient (Wildman–Crippen LogP) is 3.60. The number of fused-ring (bicyclic) bond motifs is 1. The Morgan fingerprint density at radius 3 is 2.83 bits per heavy atom. The second-order valence-corrected chi connectivity index (χ2v) is 7.05. The fourth-order valence-electron chi connectivity index (χ4n) is 2.90. The summed E-state index contributed by atoms with van der Waals surface area (Å²) < 4.78 is 1.01. The van der Waals surface area contributed by atoms with Crippen LogP contribution in [0.3, 0.4) is 0 Å². The molecule has 1 aliphatic carbocycles. The second-order valence-electron chi connectivity index (χ2n) is 6.02. The number of benzene rings is 1. The number of aromatic nitrogens is 1. The molecule has 0 spiro atoms. The summed E-state index contributed by atoms with van der Waals surface area (Å²) in [4.78, 5) is 28.3. The Hall–Kier alpha value is -2.21. The van der Waals surface area contributed by atoms with Crippen molar-refractivity contribution in [3.05, 3.63) is 35.4 Å². The molecule has 5 nitrogen and oxygen atoms in total. The number of carbonyl (C=O) groups excluding carboxylic acids is 1. The zero-order chi connectivity index (χ0) is 16.6. The minimum atomic E-state index is -0.922. The fraction of sp³-hybridized carbons (Fsp3) is 0.353. The minimum Gasteiger partial charge on any atom is -0.481 e. The third kappa shape index (κ3) is 3.27. The molecule has 1 aromatic heterocycles. The SMILES string of the molecule is CC1=CC[C@@H](C(=O)O)[C@@H](C(=O)Nc2nc3ccc(C)cc3s2)C1. The summed E-state index contributed by atoms with van der Waals surface area (Å²) in [5.41, 5.74) is 3.03. The van der Waals surface area contributed by atoms with Gasteiger partial charge in [0.1, 0.15) is 0 Å². The van der Waals surface area contributed by atoms with Crippen LogP contribution in [0.1, 0.15) is 25.3 Å². The number of anilines is 1. The third-order valence-corrected chi connectivity index (χ3v) is 5.11. The van der Waals surface area contributed by atoms with E-state index in [9.17, 15) is 14.7 Å². The average molecular weight is 330 g/mol. The molecule has 1 aliphatic rings. The van der Waals surface area contributed by atoms with Crippen LogP contribution in [0.4, 0.5) is 5.13 Å². The highest BCUT2D eigenvalue weighted by atomic mass is 32.1. The van der Waals surface area contributed by atoms with Crippen LogP contribution >= 0.6 is 11.3 Å². The van der Waals surface area contributed by atoms with Crippen LogP contribution in [0.2, 0.25) is 0 Å². The van der Waals surface area contributed by atoms with Gasteiger partial charge in [-0.05, 0) is 44.4 Å². The zero-order valence-electron chi connectivity index (χ0n) is 13.0. The molecule has 3 rings (SSSR count). The van der Waals surface area contributed by atoms with Gasteiger partial charge in [0, 0.05) is 0 Å². The topological polar surface area (TPSA) is 79.3 Å². The highest BCUT2D eigenvalue weighted by Crippen LogP contribution is 2.32. The number of carbonyl (C=O) groups is 2. The quantitative estimate of drug-likeness (QED) is 0.843. The monoisotopic (exact) mass is 330 g/mol. The Morgan fingerprint density at radius 2 is 2.09 bits per heavy atom. The summed E-state index contributed by atoms with van der Waals surface area (Å²) in [5, 5.41) is 12.7. The van der Waals surface area contributed by atoms with E-state index in [1.807, 2.05) is 38.1 Å². The first-order chi connectivity index (χ1) is 10.9. The van der Waals surface area contributed by atoms with E-state index in [0.29, 0.717) is 18.0 Å². The van der Waals surface area contributed by atoms with Gasteiger partial charge < -0.3 is 10.4 Å². The first kappa shape index (κ1) is 15.7. The Bertz CT molecular complexity index is 809. The van der Waals surface area contributed by atoms with Crippen LogP contribution < -0.4 is 5.32 Å². The summed E-state index contributed by atoms with van der Waals surface area (Å²) in [6.07, 6.45) is 2.79. The number of rotatable bonds is 3. The Labute approximate surface area is 138 Å². The lowest BCUT2D eigenvalue weighted by Gasteiger charge is -2.26. The van der Waals surface area contributed by atoms with E-state index in [4.69, 9.17) is 0 Å². The Kier molecular flexibility index (Phi) is 4.17. The molecule has 2 N–H and O–H groups in total. The molecule has 0 bridgehead atoms. The van der Waals surface area contributed by atoms with Crippen LogP contribution in [0.15, 0.2) is 29.8 Å². The minimum absolute atomic E-state index is 0.263. The van der Waals surface area contributed by atoms with Crippen molar-refractivity contribution in [1.82, 2.24) is 4.98 Å². The molecule has 1 heterocycles. The predicted molar refractivity (Wildman–Crippen MR) is 90.6 cm³/mol. The molecule has 6 heteroatoms. The van der Waals surface area contributed by atoms with Crippen molar-refractivity contribution in [2.24, 2.45) is 11.8 Å². The number of hydrogen-bond acceptors (Lipinski definition) is 4. The summed E-state index contributed by atoms with van der Waals surface area (Å²) >= 11 is 1.41. The number of aliphatic carboxylic acids is 1. The van der Waals surface area contributed by atoms with E-state index < -0.39 is 17.8 Å². The molecular formula is C17H18N2O3S. The molecule has 0 radical (unpaired) electrons. The number of aryl methyl sites for hydroxylation is 1. The molecule has 1 amide bonds. The molecule has 23 heavy (non-hydrogen) atoms. The first-order valence-corrected chi connectivity index (χ1v) is 8.32. The van der Waals surface area contributed by atoms with Gasteiger partial charge in [-0.25, -0.2) is 4.98 Å². The maximum absolute atomic E-state index is 12.5. The van der Waals surface area contributed by atoms with Crippen LogP contribution in [0, 0.1) is 18.8 Å². The number of thiazole rings is 1. The van der Waals surface area contributed by atoms with Crippen molar-refractivity contribution in [2.75, 3.05) is 5.32 Å². The van der Waals surface area contributed by atoms with Gasteiger partial charge in [-0.15, -0.1) is 0 Å². The lowest BCUT2D eigenvalue weighted by molar-refractivity contribution is -0.146. The molecular weight excluding hydrogens is 312 g/mol. The van der Waals surface area contributed by atoms with Crippen molar-refractivity contribution >= 4 is 38.6 Å². The summed E-state index contributed by atoms with van der Waals surface area (Å²) in [6, 6.07) is 5.92. The fourth-order valence-corrected chi connectivity index (χ4v) is 3.86. The van der Waals surface area contributed by atoms with E-state index in [1.165, 1.54) is 11.3 Å². The van der Waals surface area contributed by atoms with Crippen molar-refractivity contribution in [3.8, 4) is 0 Å². The Morgan fingerprint density at radius 1 is 1.30 bits per heavy atom. The molecule has 2 aromatic rings. The average Bonchev–Trinajstić information content (AvgIpc) is 2.88. The van der Waals surface area contributed by atoms with Crippen molar-refractivity contribution < 1.29 is 14.7 Å². The Balaban J connectivity index is 1.81. The maximum Gasteiger partial charge on any atom is 0.307 e. The lowest BCUT2D eigenvalue weighted by atomic mass is 9.79. The van der Waals surface area contributed by atoms with E-state index in [0.717, 1.165) is 21.4 Å². The molecule has 120 valence electrons. The van der Waals surface area contributed by atoms with Crippen LogP contribution in [-0.4, -0.2) is 22.0 Å². The molecule has 1 aromatic carbocycles. The second kappa shape index (κ2) is 6.12. The summed E-state index contributed by atoms with van der Waals surface area (Å²) in [6.45, 7) is 3.94. The maximum atomic E-state index is 12.5. The molecule has 0 saturated heterocycles. The van der Waals surface area contributed by atoms with Crippen molar-refractivity contribution in [3.63, 3.8) is 0 Å². The largest absolute Gasteiger partial charge is 0.481 e. The van der Waals surface area contributed by atoms with Gasteiger partial charge in [0.25, 0.3) is 0 Å². The summed E-state index contributed by atoms with van der Waals surface area (Å²) in [7, 11) is 0. The van der Waals surface area contributed by atoms with Gasteiger partial charge in [-0.1, -0.05) is 29.1 Å². The van der Waals surface area contributed by atoms with Gasteiger partial charge >= 0.3 is 5.97 Å². The number of carboxylic acids is 1. The number of nitrogens with zero attached hydrogens (tertiary/aromatic N) is 1. The zero-order valence-corrected chi connectivity index (χ0v) is 13.8. The van der Waals surface area contributed by atoms with Gasteiger partial charge in [-0.2, -0.15) is 0 Å². The van der Waals surface area contributed by atoms with Crippen LogP contribution in [0.25, 0.3) is 10.2 Å². The van der Waals surface area contributed by atoms with Gasteiger partial charge in [0.05, 0.1) is 22.1 Å². The van der Waals surface area contributed by atoms with Crippen LogP contribution in [0.5, 0.6) is 0 Å².